The van der Waals surface area contributed by atoms with Crippen molar-refractivity contribution in [3.8, 4) is 0 Å². The van der Waals surface area contributed by atoms with E-state index >= 15 is 0 Å². The Kier molecular flexibility index (Phi) is 4.02. The van der Waals surface area contributed by atoms with Gasteiger partial charge in [-0.05, 0) is 12.8 Å². The molecule has 0 aliphatic carbocycles. The predicted octanol–water partition coefficient (Wildman–Crippen LogP) is -0.703. The predicted molar refractivity (Wildman–Crippen MR) is 66.8 cm³/mol. The van der Waals surface area contributed by atoms with E-state index in [0.717, 1.165) is 6.20 Å². The number of carboxylic acid groups (broad SMARTS) is 1. The van der Waals surface area contributed by atoms with Gasteiger partial charge in [-0.2, -0.15) is 5.10 Å². The molecule has 19 heavy (non-hydrogen) atoms. The second-order valence-electron chi connectivity index (χ2n) is 4.16. The fraction of sp³-hybridized carbons (Fsp3) is 0.556. The lowest BCUT2D eigenvalue weighted by molar-refractivity contribution is 0.0692. The van der Waals surface area contributed by atoms with Gasteiger partial charge in [0.1, 0.15) is 5.56 Å². The highest BCUT2D eigenvalue weighted by Crippen LogP contribution is 2.16. The maximum atomic E-state index is 12.0. The van der Waals surface area contributed by atoms with Crippen LogP contribution in [0.2, 0.25) is 0 Å². The summed E-state index contributed by atoms with van der Waals surface area (Å²) < 4.78 is 37.7. The number of H-pyrrole nitrogens is 1. The minimum Gasteiger partial charge on any atom is -0.478 e. The van der Waals surface area contributed by atoms with Gasteiger partial charge in [-0.15, -0.1) is 0 Å². The molecule has 0 spiro atoms. The van der Waals surface area contributed by atoms with Gasteiger partial charge in [0, 0.05) is 28.3 Å². The molecule has 0 atom stereocenters. The standard InChI is InChI=1S/C9H13N3O5S2/c13-9(14)7-5-10-11-8(7)19(16,17)12-6-1-3-18(15)4-2-6/h5-6,12H,1-4H2,(H,10,11)(H,13,14). The molecule has 0 aromatic carbocycles. The van der Waals surface area contributed by atoms with Crippen LogP contribution in [0.15, 0.2) is 11.2 Å². The minimum atomic E-state index is -3.96. The smallest absolute Gasteiger partial charge is 0.340 e. The van der Waals surface area contributed by atoms with Crippen molar-refractivity contribution in [2.45, 2.75) is 23.9 Å². The van der Waals surface area contributed by atoms with Crippen LogP contribution >= 0.6 is 0 Å². The number of nitrogens with one attached hydrogen (secondary N) is 2. The van der Waals surface area contributed by atoms with Gasteiger partial charge in [0.15, 0.2) is 5.03 Å². The maximum absolute atomic E-state index is 12.0. The Bertz CT molecular complexity index is 599. The first-order valence-electron chi connectivity index (χ1n) is 5.54. The van der Waals surface area contributed by atoms with Crippen LogP contribution in [0.4, 0.5) is 0 Å². The lowest BCUT2D eigenvalue weighted by atomic mass is 10.2. The van der Waals surface area contributed by atoms with E-state index in [2.05, 4.69) is 14.9 Å². The molecule has 0 bridgehead atoms. The third kappa shape index (κ3) is 3.19. The zero-order valence-corrected chi connectivity index (χ0v) is 11.5. The van der Waals surface area contributed by atoms with Crippen LogP contribution in [-0.2, 0) is 20.8 Å². The van der Waals surface area contributed by atoms with Crippen LogP contribution in [0.3, 0.4) is 0 Å². The Hall–Kier alpha value is -1.26. The molecule has 0 amide bonds. The normalized spacial score (nSPS) is 24.2. The maximum Gasteiger partial charge on any atom is 0.340 e. The van der Waals surface area contributed by atoms with E-state index in [9.17, 15) is 17.4 Å². The highest BCUT2D eigenvalue weighted by Gasteiger charge is 2.29. The molecule has 1 aliphatic rings. The molecule has 3 N–H and O–H groups in total. The third-order valence-corrected chi connectivity index (χ3v) is 5.69. The van der Waals surface area contributed by atoms with Crippen LogP contribution < -0.4 is 4.72 Å². The second-order valence-corrected chi connectivity index (χ2v) is 7.51. The average molecular weight is 307 g/mol. The number of carboxylic acids is 1. The SMILES string of the molecule is O=C(O)c1cn[nH]c1S(=O)(=O)NC1CCS(=O)CC1. The number of sulfonamides is 1. The monoisotopic (exact) mass is 307 g/mol. The van der Waals surface area contributed by atoms with Crippen LogP contribution in [-0.4, -0.2) is 51.4 Å². The number of nitrogens with zero attached hydrogens (tertiary/aromatic N) is 1. The van der Waals surface area contributed by atoms with E-state index < -0.39 is 37.4 Å². The first-order valence-corrected chi connectivity index (χ1v) is 8.51. The fourth-order valence-electron chi connectivity index (χ4n) is 1.82. The van der Waals surface area contributed by atoms with Gasteiger partial charge in [-0.3, -0.25) is 9.31 Å². The topological polar surface area (TPSA) is 129 Å². The number of rotatable bonds is 4. The molecule has 0 radical (unpaired) electrons. The van der Waals surface area contributed by atoms with Crippen LogP contribution in [0.1, 0.15) is 23.2 Å². The summed E-state index contributed by atoms with van der Waals surface area (Å²) in [5.74, 6) is -0.469. The van der Waals surface area contributed by atoms with Gasteiger partial charge in [0.05, 0.1) is 6.20 Å². The Morgan fingerprint density at radius 2 is 2.11 bits per heavy atom. The van der Waals surface area contributed by atoms with Crippen molar-refractivity contribution in [2.24, 2.45) is 0 Å². The lowest BCUT2D eigenvalue weighted by Gasteiger charge is -2.22. The van der Waals surface area contributed by atoms with Crippen molar-refractivity contribution >= 4 is 26.8 Å². The quantitative estimate of drug-likeness (QED) is 0.674. The van der Waals surface area contributed by atoms with E-state index in [4.69, 9.17) is 5.11 Å². The summed E-state index contributed by atoms with van der Waals surface area (Å²) in [5, 5.41) is 14.0. The van der Waals surface area contributed by atoms with Crippen molar-refractivity contribution in [1.29, 1.82) is 0 Å². The number of hydrogen-bond donors (Lipinski definition) is 3. The summed E-state index contributed by atoms with van der Waals surface area (Å²) in [7, 11) is -4.84. The fourth-order valence-corrected chi connectivity index (χ4v) is 4.52. The molecule has 106 valence electrons. The molecular formula is C9H13N3O5S2. The Morgan fingerprint density at radius 3 is 2.68 bits per heavy atom. The second kappa shape index (κ2) is 5.39. The Balaban J connectivity index is 2.16. The molecule has 1 aromatic rings. The van der Waals surface area contributed by atoms with E-state index in [0.29, 0.717) is 24.3 Å². The first kappa shape index (κ1) is 14.2. The molecule has 1 saturated heterocycles. The molecule has 2 heterocycles. The molecule has 2 rings (SSSR count). The molecular weight excluding hydrogens is 294 g/mol. The number of aromatic nitrogens is 2. The number of carbonyl (C=O) groups is 1. The summed E-state index contributed by atoms with van der Waals surface area (Å²) in [6, 6.07) is -0.326. The Morgan fingerprint density at radius 1 is 1.47 bits per heavy atom. The number of hydrogen-bond acceptors (Lipinski definition) is 5. The van der Waals surface area contributed by atoms with E-state index in [1.165, 1.54) is 0 Å². The van der Waals surface area contributed by atoms with E-state index in [1.54, 1.807) is 0 Å². The molecule has 1 fully saturated rings. The van der Waals surface area contributed by atoms with Gasteiger partial charge in [-0.25, -0.2) is 17.9 Å². The zero-order valence-electron chi connectivity index (χ0n) is 9.83. The van der Waals surface area contributed by atoms with Gasteiger partial charge in [-0.1, -0.05) is 0 Å². The van der Waals surface area contributed by atoms with Crippen LogP contribution in [0, 0.1) is 0 Å². The minimum absolute atomic E-state index is 0.326. The van der Waals surface area contributed by atoms with Crippen molar-refractivity contribution in [3.63, 3.8) is 0 Å². The molecule has 8 nitrogen and oxygen atoms in total. The molecule has 0 unspecified atom stereocenters. The van der Waals surface area contributed by atoms with Gasteiger partial charge < -0.3 is 5.11 Å². The van der Waals surface area contributed by atoms with Gasteiger partial charge in [0.25, 0.3) is 10.0 Å². The average Bonchev–Trinajstić information content (AvgIpc) is 2.82. The van der Waals surface area contributed by atoms with E-state index in [-0.39, 0.29) is 6.04 Å². The molecule has 10 heteroatoms. The summed E-state index contributed by atoms with van der Waals surface area (Å²) in [5.41, 5.74) is -0.396. The lowest BCUT2D eigenvalue weighted by Crippen LogP contribution is -2.40. The summed E-state index contributed by atoms with van der Waals surface area (Å²) in [6.07, 6.45) is 1.90. The van der Waals surface area contributed by atoms with Gasteiger partial charge in [0.2, 0.25) is 0 Å². The largest absolute Gasteiger partial charge is 0.478 e. The van der Waals surface area contributed by atoms with Crippen molar-refractivity contribution in [2.75, 3.05) is 11.5 Å². The summed E-state index contributed by atoms with van der Waals surface area (Å²) >= 11 is 0. The van der Waals surface area contributed by atoms with Crippen LogP contribution in [0.25, 0.3) is 0 Å². The third-order valence-electron chi connectivity index (χ3n) is 2.81. The highest BCUT2D eigenvalue weighted by atomic mass is 32.2. The molecule has 1 aliphatic heterocycles. The number of aromatic carboxylic acids is 1. The first-order chi connectivity index (χ1) is 8.90. The van der Waals surface area contributed by atoms with Crippen molar-refractivity contribution in [3.05, 3.63) is 11.8 Å². The van der Waals surface area contributed by atoms with Crippen molar-refractivity contribution < 1.29 is 22.5 Å². The zero-order chi connectivity index (χ0) is 14.0. The van der Waals surface area contributed by atoms with Crippen molar-refractivity contribution in [1.82, 2.24) is 14.9 Å². The summed E-state index contributed by atoms with van der Waals surface area (Å²) in [4.78, 5) is 10.9. The van der Waals surface area contributed by atoms with Crippen LogP contribution in [0.5, 0.6) is 0 Å². The Labute approximate surface area is 112 Å². The highest BCUT2D eigenvalue weighted by molar-refractivity contribution is 7.89. The molecule has 1 aromatic heterocycles. The molecule has 0 saturated carbocycles. The van der Waals surface area contributed by atoms with Gasteiger partial charge >= 0.3 is 5.97 Å². The van der Waals surface area contributed by atoms with E-state index in [1.807, 2.05) is 0 Å². The number of aromatic amines is 1. The summed E-state index contributed by atoms with van der Waals surface area (Å²) in [6.45, 7) is 0.